The van der Waals surface area contributed by atoms with Crippen molar-refractivity contribution in [1.82, 2.24) is 9.78 Å². The third-order valence-corrected chi connectivity index (χ3v) is 3.18. The Bertz CT molecular complexity index is 766. The first-order valence-corrected chi connectivity index (χ1v) is 6.45. The van der Waals surface area contributed by atoms with E-state index < -0.39 is 17.1 Å². The number of nitrogens with zero attached hydrogens (tertiary/aromatic N) is 2. The summed E-state index contributed by atoms with van der Waals surface area (Å²) < 4.78 is 14.6. The molecule has 0 aliphatic carbocycles. The number of rotatable bonds is 3. The highest BCUT2D eigenvalue weighted by atomic mass is 19.1. The summed E-state index contributed by atoms with van der Waals surface area (Å²) in [7, 11) is 0. The Morgan fingerprint density at radius 2 is 2.05 bits per heavy atom. The summed E-state index contributed by atoms with van der Waals surface area (Å²) in [6.07, 6.45) is 1.49. The number of aromatic nitrogens is 2. The number of carboxylic acid groups (broad SMARTS) is 1. The fourth-order valence-electron chi connectivity index (χ4n) is 1.96. The minimum atomic E-state index is -1.38. The smallest absolute Gasteiger partial charge is 0.360 e. The quantitative estimate of drug-likeness (QED) is 0.942. The first-order chi connectivity index (χ1) is 9.81. The summed E-state index contributed by atoms with van der Waals surface area (Å²) in [5.41, 5.74) is 0.134. The van der Waals surface area contributed by atoms with Crippen LogP contribution in [0.1, 0.15) is 41.4 Å². The lowest BCUT2D eigenvalue weighted by Crippen LogP contribution is -2.25. The molecule has 0 fully saturated rings. The molecule has 6 heteroatoms. The Balaban J connectivity index is 2.71. The van der Waals surface area contributed by atoms with Crippen LogP contribution in [0.3, 0.4) is 0 Å². The van der Waals surface area contributed by atoms with Crippen molar-refractivity contribution in [3.63, 3.8) is 0 Å². The second-order valence-corrected chi connectivity index (χ2v) is 5.10. The van der Waals surface area contributed by atoms with Crippen LogP contribution in [0.15, 0.2) is 29.2 Å². The molecule has 2 aromatic rings. The number of aromatic carboxylic acids is 1. The maximum atomic E-state index is 13.3. The molecule has 0 saturated heterocycles. The van der Waals surface area contributed by atoms with Gasteiger partial charge < -0.3 is 5.11 Å². The van der Waals surface area contributed by atoms with Crippen molar-refractivity contribution in [2.24, 2.45) is 0 Å². The van der Waals surface area contributed by atoms with Crippen LogP contribution in [0, 0.1) is 12.7 Å². The van der Waals surface area contributed by atoms with Crippen molar-refractivity contribution in [2.75, 3.05) is 0 Å². The lowest BCUT2D eigenvalue weighted by atomic mass is 10.0. The molecule has 0 radical (unpaired) electrons. The van der Waals surface area contributed by atoms with Gasteiger partial charge in [-0.1, -0.05) is 13.8 Å². The van der Waals surface area contributed by atoms with E-state index in [1.807, 2.05) is 0 Å². The van der Waals surface area contributed by atoms with Gasteiger partial charge in [0.2, 0.25) is 11.1 Å². The summed E-state index contributed by atoms with van der Waals surface area (Å²) in [5, 5.41) is 12.9. The predicted molar refractivity (Wildman–Crippen MR) is 75.6 cm³/mol. The van der Waals surface area contributed by atoms with Crippen molar-refractivity contribution in [1.29, 1.82) is 0 Å². The van der Waals surface area contributed by atoms with Gasteiger partial charge in [-0.05, 0) is 36.6 Å². The van der Waals surface area contributed by atoms with E-state index in [4.69, 9.17) is 5.11 Å². The van der Waals surface area contributed by atoms with Crippen molar-refractivity contribution in [3.8, 4) is 5.69 Å². The van der Waals surface area contributed by atoms with Gasteiger partial charge in [-0.15, -0.1) is 0 Å². The van der Waals surface area contributed by atoms with Crippen LogP contribution in [0.2, 0.25) is 0 Å². The van der Waals surface area contributed by atoms with Crippen molar-refractivity contribution in [2.45, 2.75) is 26.7 Å². The van der Waals surface area contributed by atoms with E-state index in [0.29, 0.717) is 16.8 Å². The lowest BCUT2D eigenvalue weighted by Gasteiger charge is -2.12. The van der Waals surface area contributed by atoms with E-state index in [0.717, 1.165) is 0 Å². The molecular formula is C15H15FN2O3. The van der Waals surface area contributed by atoms with Gasteiger partial charge in [0, 0.05) is 11.8 Å². The van der Waals surface area contributed by atoms with Crippen LogP contribution in [-0.2, 0) is 0 Å². The highest BCUT2D eigenvalue weighted by Gasteiger charge is 2.18. The van der Waals surface area contributed by atoms with Gasteiger partial charge >= 0.3 is 5.97 Å². The van der Waals surface area contributed by atoms with Gasteiger partial charge in [-0.25, -0.2) is 13.9 Å². The Morgan fingerprint density at radius 3 is 2.57 bits per heavy atom. The molecule has 1 heterocycles. The van der Waals surface area contributed by atoms with Crippen LogP contribution < -0.4 is 5.43 Å². The molecule has 0 atom stereocenters. The number of halogens is 1. The maximum absolute atomic E-state index is 13.3. The molecule has 1 aromatic carbocycles. The highest BCUT2D eigenvalue weighted by Crippen LogP contribution is 2.15. The van der Waals surface area contributed by atoms with Gasteiger partial charge in [0.15, 0.2) is 0 Å². The topological polar surface area (TPSA) is 72.2 Å². The molecule has 0 aliphatic rings. The number of carbonyl (C=O) groups is 1. The molecule has 1 aromatic heterocycles. The number of hydrogen-bond donors (Lipinski definition) is 1. The fourth-order valence-corrected chi connectivity index (χ4v) is 1.96. The van der Waals surface area contributed by atoms with Crippen molar-refractivity contribution in [3.05, 3.63) is 57.3 Å². The zero-order valence-corrected chi connectivity index (χ0v) is 11.9. The molecule has 21 heavy (non-hydrogen) atoms. The first kappa shape index (κ1) is 14.9. The molecule has 5 nitrogen and oxygen atoms in total. The minimum absolute atomic E-state index is 0.147. The Kier molecular flexibility index (Phi) is 3.88. The molecule has 2 rings (SSSR count). The third-order valence-electron chi connectivity index (χ3n) is 3.18. The maximum Gasteiger partial charge on any atom is 0.360 e. The summed E-state index contributed by atoms with van der Waals surface area (Å²) in [4.78, 5) is 23.2. The normalized spacial score (nSPS) is 10.9. The van der Waals surface area contributed by atoms with E-state index in [-0.39, 0.29) is 11.7 Å². The molecular weight excluding hydrogens is 275 g/mol. The van der Waals surface area contributed by atoms with Crippen molar-refractivity contribution >= 4 is 5.97 Å². The molecule has 1 N–H and O–H groups in total. The SMILES string of the molecule is Cc1cc(-n2cc(C(C)C)c(=O)c(C(=O)O)n2)ccc1F. The Labute approximate surface area is 120 Å². The number of aryl methyl sites for hydroxylation is 1. The van der Waals surface area contributed by atoms with E-state index in [1.165, 1.54) is 23.0 Å². The first-order valence-electron chi connectivity index (χ1n) is 6.45. The van der Waals surface area contributed by atoms with Gasteiger partial charge in [0.25, 0.3) is 0 Å². The van der Waals surface area contributed by atoms with Gasteiger partial charge in [0.05, 0.1) is 5.69 Å². The van der Waals surface area contributed by atoms with Gasteiger partial charge in [-0.2, -0.15) is 5.10 Å². The number of hydrogen-bond acceptors (Lipinski definition) is 3. The van der Waals surface area contributed by atoms with Crippen LogP contribution in [0.5, 0.6) is 0 Å². The standard InChI is InChI=1S/C15H15FN2O3/c1-8(2)11-7-18(17-13(14(11)19)15(20)21)10-4-5-12(16)9(3)6-10/h4-8H,1-3H3,(H,20,21). The largest absolute Gasteiger partial charge is 0.476 e. The van der Waals surface area contributed by atoms with Crippen LogP contribution >= 0.6 is 0 Å². The van der Waals surface area contributed by atoms with Crippen LogP contribution in [0.4, 0.5) is 4.39 Å². The lowest BCUT2D eigenvalue weighted by molar-refractivity contribution is 0.0686. The third kappa shape index (κ3) is 2.84. The zero-order valence-electron chi connectivity index (χ0n) is 11.9. The average Bonchev–Trinajstić information content (AvgIpc) is 2.41. The Hall–Kier alpha value is -2.50. The van der Waals surface area contributed by atoms with Gasteiger partial charge in [0.1, 0.15) is 5.82 Å². The van der Waals surface area contributed by atoms with Crippen molar-refractivity contribution < 1.29 is 14.3 Å². The second kappa shape index (κ2) is 5.47. The van der Waals surface area contributed by atoms with Crippen LogP contribution in [0.25, 0.3) is 5.69 Å². The average molecular weight is 290 g/mol. The number of carboxylic acids is 1. The monoisotopic (exact) mass is 290 g/mol. The zero-order chi connectivity index (χ0) is 15.7. The molecule has 0 unspecified atom stereocenters. The minimum Gasteiger partial charge on any atom is -0.476 e. The number of benzene rings is 1. The molecule has 0 amide bonds. The van der Waals surface area contributed by atoms with E-state index in [1.54, 1.807) is 26.8 Å². The predicted octanol–water partition coefficient (Wildman–Crippen LogP) is 2.50. The van der Waals surface area contributed by atoms with Crippen LogP contribution in [-0.4, -0.2) is 20.9 Å². The summed E-state index contributed by atoms with van der Waals surface area (Å²) >= 11 is 0. The molecule has 0 aliphatic heterocycles. The fraction of sp³-hybridized carbons (Fsp3) is 0.267. The van der Waals surface area contributed by atoms with Gasteiger partial charge in [-0.3, -0.25) is 4.79 Å². The molecule has 0 bridgehead atoms. The second-order valence-electron chi connectivity index (χ2n) is 5.10. The molecule has 110 valence electrons. The van der Waals surface area contributed by atoms with E-state index >= 15 is 0 Å². The molecule has 0 saturated carbocycles. The summed E-state index contributed by atoms with van der Waals surface area (Å²) in [5.74, 6) is -1.89. The molecule has 0 spiro atoms. The summed E-state index contributed by atoms with van der Waals surface area (Å²) in [6, 6.07) is 4.30. The summed E-state index contributed by atoms with van der Waals surface area (Å²) in [6.45, 7) is 5.19. The Morgan fingerprint density at radius 1 is 1.38 bits per heavy atom. The highest BCUT2D eigenvalue weighted by molar-refractivity contribution is 5.85. The van der Waals surface area contributed by atoms with E-state index in [9.17, 15) is 14.0 Å². The van der Waals surface area contributed by atoms with E-state index in [2.05, 4.69) is 5.10 Å².